The lowest BCUT2D eigenvalue weighted by molar-refractivity contribution is 0.664. The third-order valence-electron chi connectivity index (χ3n) is 17.9. The first-order chi connectivity index (χ1) is 43.6. The predicted molar refractivity (Wildman–Crippen MR) is 407 cm³/mol. The molecule has 0 saturated heterocycles. The molecule has 0 saturated carbocycles. The van der Waals surface area contributed by atoms with E-state index in [1.165, 1.54) is 212 Å². The van der Waals surface area contributed by atoms with Crippen LogP contribution in [-0.4, -0.2) is 0 Å². The topological polar surface area (TPSA) is 76.1 Å². The molecule has 9 aromatic rings. The van der Waals surface area contributed by atoms with Crippen LogP contribution in [0.2, 0.25) is 0 Å². The number of hydrogen-bond acceptors (Lipinski definition) is 4. The molecule has 90 heavy (non-hydrogen) atoms. The van der Waals surface area contributed by atoms with Gasteiger partial charge in [-0.2, -0.15) is 0 Å². The Hall–Kier alpha value is -7.09. The molecule has 5 heteroatoms. The molecule has 9 aromatic carbocycles. The fourth-order valence-corrected chi connectivity index (χ4v) is 12.9. The zero-order valence-corrected chi connectivity index (χ0v) is 59.0. The molecule has 0 bridgehead atoms. The normalized spacial score (nSPS) is 11.0. The third kappa shape index (κ3) is 20.7. The van der Waals surface area contributed by atoms with Crippen LogP contribution in [0.5, 0.6) is 0 Å². The SMILES string of the molecule is CCCCCCc1cc(-c2ccc(N)cc2C)c(CCCCCC)cc1-c1ccc(N)cc1C.CCCCCCc1cc(-c2ccc(Nc3ccccc3C)cc2C)c(CCCCCC)cc1-c1ccc(Nc2ccccc2C)cc1C.Cc1ccccc1I. The summed E-state index contributed by atoms with van der Waals surface area (Å²) in [6.45, 7) is 24.5. The van der Waals surface area contributed by atoms with Crippen LogP contribution in [0.15, 0.2) is 170 Å². The summed E-state index contributed by atoms with van der Waals surface area (Å²) >= 11 is 2.32. The van der Waals surface area contributed by atoms with Gasteiger partial charge in [0.05, 0.1) is 0 Å². The van der Waals surface area contributed by atoms with E-state index in [0.717, 1.165) is 59.8 Å². The molecule has 0 radical (unpaired) electrons. The average molecular weight is 1310 g/mol. The fourth-order valence-electron chi connectivity index (χ4n) is 12.5. The summed E-state index contributed by atoms with van der Waals surface area (Å²) in [7, 11) is 0. The van der Waals surface area contributed by atoms with Crippen LogP contribution in [0, 0.1) is 52.0 Å². The first-order valence-corrected chi connectivity index (χ1v) is 35.3. The van der Waals surface area contributed by atoms with Gasteiger partial charge in [0.25, 0.3) is 0 Å². The Morgan fingerprint density at radius 1 is 0.278 bits per heavy atom. The van der Waals surface area contributed by atoms with E-state index in [1.807, 2.05) is 12.1 Å². The van der Waals surface area contributed by atoms with Crippen molar-refractivity contribution in [2.75, 3.05) is 22.1 Å². The Morgan fingerprint density at radius 3 is 0.833 bits per heavy atom. The molecule has 0 aliphatic rings. The van der Waals surface area contributed by atoms with Crippen molar-refractivity contribution in [1.29, 1.82) is 0 Å². The molecular weight excluding hydrogens is 1200 g/mol. The molecule has 0 spiro atoms. The minimum Gasteiger partial charge on any atom is -0.399 e. The second kappa shape index (κ2) is 36.7. The van der Waals surface area contributed by atoms with Gasteiger partial charge in [0.1, 0.15) is 0 Å². The van der Waals surface area contributed by atoms with Crippen molar-refractivity contribution >= 4 is 56.7 Å². The summed E-state index contributed by atoms with van der Waals surface area (Å²) in [6, 6.07) is 62.0. The number of nitrogens with one attached hydrogen (secondary N) is 2. The van der Waals surface area contributed by atoms with Crippen molar-refractivity contribution in [3.8, 4) is 44.5 Å². The molecule has 9 rings (SSSR count). The van der Waals surface area contributed by atoms with E-state index in [-0.39, 0.29) is 0 Å². The van der Waals surface area contributed by atoms with Crippen LogP contribution in [0.3, 0.4) is 0 Å². The van der Waals surface area contributed by atoms with E-state index in [9.17, 15) is 0 Å². The zero-order valence-electron chi connectivity index (χ0n) is 56.8. The van der Waals surface area contributed by atoms with Crippen molar-refractivity contribution in [2.24, 2.45) is 0 Å². The van der Waals surface area contributed by atoms with Crippen molar-refractivity contribution in [2.45, 2.75) is 205 Å². The van der Waals surface area contributed by atoms with Gasteiger partial charge in [-0.3, -0.25) is 0 Å². The highest BCUT2D eigenvalue weighted by atomic mass is 127. The van der Waals surface area contributed by atoms with Crippen LogP contribution < -0.4 is 22.1 Å². The maximum absolute atomic E-state index is 6.10. The molecule has 474 valence electrons. The molecule has 0 fully saturated rings. The van der Waals surface area contributed by atoms with E-state index < -0.39 is 0 Å². The Morgan fingerprint density at radius 2 is 0.567 bits per heavy atom. The number of nitrogen functional groups attached to an aromatic ring is 2. The summed E-state index contributed by atoms with van der Waals surface area (Å²) in [6.07, 6.45) is 24.7. The van der Waals surface area contributed by atoms with Gasteiger partial charge in [-0.05, 0) is 295 Å². The van der Waals surface area contributed by atoms with Gasteiger partial charge in [-0.15, -0.1) is 0 Å². The minimum absolute atomic E-state index is 0.833. The number of hydrogen-bond donors (Lipinski definition) is 4. The molecule has 0 atom stereocenters. The summed E-state index contributed by atoms with van der Waals surface area (Å²) in [5, 5.41) is 7.32. The number of benzene rings is 9. The van der Waals surface area contributed by atoms with Gasteiger partial charge in [-0.25, -0.2) is 0 Å². The summed E-state index contributed by atoms with van der Waals surface area (Å²) in [5.74, 6) is 0. The lowest BCUT2D eigenvalue weighted by Gasteiger charge is -2.21. The summed E-state index contributed by atoms with van der Waals surface area (Å²) in [4.78, 5) is 0. The lowest BCUT2D eigenvalue weighted by Crippen LogP contribution is -2.01. The van der Waals surface area contributed by atoms with E-state index >= 15 is 0 Å². The van der Waals surface area contributed by atoms with E-state index in [0.29, 0.717) is 0 Å². The van der Waals surface area contributed by atoms with Crippen LogP contribution >= 0.6 is 22.6 Å². The van der Waals surface area contributed by atoms with E-state index in [4.69, 9.17) is 11.5 Å². The van der Waals surface area contributed by atoms with Crippen LogP contribution in [0.4, 0.5) is 34.1 Å². The highest BCUT2D eigenvalue weighted by Crippen LogP contribution is 2.41. The highest BCUT2D eigenvalue weighted by Gasteiger charge is 2.19. The Kier molecular flexibility index (Phi) is 28.7. The minimum atomic E-state index is 0.833. The number of aryl methyl sites for hydroxylation is 11. The molecule has 0 heterocycles. The van der Waals surface area contributed by atoms with Crippen LogP contribution in [-0.2, 0) is 25.7 Å². The third-order valence-corrected chi connectivity index (χ3v) is 19.1. The van der Waals surface area contributed by atoms with E-state index in [1.54, 1.807) is 0 Å². The summed E-state index contributed by atoms with van der Waals surface area (Å²) in [5.41, 5.74) is 44.3. The van der Waals surface area contributed by atoms with Gasteiger partial charge >= 0.3 is 0 Å². The number of halogens is 1. The van der Waals surface area contributed by atoms with Crippen LogP contribution in [0.1, 0.15) is 192 Å². The van der Waals surface area contributed by atoms with E-state index in [2.05, 4.69) is 267 Å². The molecule has 0 aliphatic carbocycles. The van der Waals surface area contributed by atoms with Gasteiger partial charge in [0.2, 0.25) is 0 Å². The number of anilines is 6. The van der Waals surface area contributed by atoms with Gasteiger partial charge < -0.3 is 22.1 Å². The van der Waals surface area contributed by atoms with Crippen molar-refractivity contribution < 1.29 is 0 Å². The molecular formula is C85H107IN4. The van der Waals surface area contributed by atoms with Gasteiger partial charge in [0, 0.05) is 37.7 Å². The monoisotopic (exact) mass is 1310 g/mol. The maximum Gasteiger partial charge on any atom is 0.0413 e. The maximum atomic E-state index is 6.10. The van der Waals surface area contributed by atoms with Crippen molar-refractivity contribution in [3.63, 3.8) is 0 Å². The summed E-state index contributed by atoms with van der Waals surface area (Å²) < 4.78 is 1.34. The second-order valence-electron chi connectivity index (χ2n) is 25.4. The Labute approximate surface area is 558 Å². The predicted octanol–water partition coefficient (Wildman–Crippen LogP) is 25.6. The number of nitrogens with two attached hydrogens (primary N) is 2. The first kappa shape index (κ1) is 70.4. The smallest absolute Gasteiger partial charge is 0.0413 e. The zero-order chi connectivity index (χ0) is 64.4. The van der Waals surface area contributed by atoms with Gasteiger partial charge in [-0.1, -0.05) is 208 Å². The van der Waals surface area contributed by atoms with Crippen molar-refractivity contribution in [3.05, 3.63) is 235 Å². The highest BCUT2D eigenvalue weighted by molar-refractivity contribution is 14.1. The van der Waals surface area contributed by atoms with Gasteiger partial charge in [0.15, 0.2) is 0 Å². The molecule has 0 unspecified atom stereocenters. The quantitative estimate of drug-likeness (QED) is 0.0224. The molecule has 0 aromatic heterocycles. The Bertz CT molecular complexity index is 3460. The largest absolute Gasteiger partial charge is 0.399 e. The van der Waals surface area contributed by atoms with Crippen LogP contribution in [0.25, 0.3) is 44.5 Å². The molecule has 4 nitrogen and oxygen atoms in total. The molecule has 6 N–H and O–H groups in total. The first-order valence-electron chi connectivity index (χ1n) is 34.3. The molecule has 0 aliphatic heterocycles. The van der Waals surface area contributed by atoms with Crippen molar-refractivity contribution in [1.82, 2.24) is 0 Å². The average Bonchev–Trinajstić information content (AvgIpc) is 1.28. The fraction of sp³-hybridized carbons (Fsp3) is 0.365. The standard InChI is InChI=1S/C46H56N2.C32H44N2.C7H7I/c1-7-9-11-13-21-37-31-44(42-28-26-40(30-36(42)6)48-46-24-18-16-20-34(46)4)38(22-14-12-10-8-2)32-43(37)41-27-25-39(29-35(41)5)47-45-23-17-15-19-33(45)3;1-5-7-9-11-13-25-21-32(30-18-16-28(34)20-24(30)4)26(14-12-10-8-6-2)22-31(25)29-17-15-27(33)19-23(29)3;1-6-4-2-3-5-7(6)8/h15-20,23-32,47-48H,7-14,21-22H2,1-6H3;15-22H,5-14,33-34H2,1-4H3;2-5H,1H3. The number of rotatable bonds is 28. The number of unbranched alkanes of at least 4 members (excludes halogenated alkanes) is 12. The Balaban J connectivity index is 0.000000237. The second-order valence-corrected chi connectivity index (χ2v) is 26.6. The lowest BCUT2D eigenvalue weighted by atomic mass is 9.85. The molecule has 0 amide bonds. The number of para-hydroxylation sites is 2.